The molecule has 1 heterocycles. The van der Waals surface area contributed by atoms with Gasteiger partial charge in [-0.25, -0.2) is 4.31 Å². The van der Waals surface area contributed by atoms with Gasteiger partial charge in [-0.2, -0.15) is 3.89 Å². The van der Waals surface area contributed by atoms with Crippen molar-refractivity contribution in [1.82, 2.24) is 4.31 Å². The highest BCUT2D eigenvalue weighted by Crippen LogP contribution is 2.53. The van der Waals surface area contributed by atoms with E-state index in [1.807, 2.05) is 0 Å². The molecule has 110 valence electrons. The van der Waals surface area contributed by atoms with Crippen LogP contribution in [0.5, 0.6) is 0 Å². The molecule has 0 amide bonds. The maximum atomic E-state index is 14.6. The summed E-state index contributed by atoms with van der Waals surface area (Å²) in [5.74, 6) is 0. The van der Waals surface area contributed by atoms with E-state index in [-0.39, 0.29) is 6.42 Å². The van der Waals surface area contributed by atoms with Crippen molar-refractivity contribution in [3.8, 4) is 0 Å². The first-order chi connectivity index (χ1) is 8.38. The molecule has 1 rings (SSSR count). The number of hydrogen-bond donors (Lipinski definition) is 4. The Morgan fingerprint density at radius 3 is 2.39 bits per heavy atom. The Morgan fingerprint density at radius 2 is 1.94 bits per heavy atom. The maximum absolute atomic E-state index is 14.6. The van der Waals surface area contributed by atoms with Gasteiger partial charge in [0.1, 0.15) is 17.6 Å². The zero-order chi connectivity index (χ0) is 13.9. The molecule has 0 aromatic rings. The van der Waals surface area contributed by atoms with E-state index in [4.69, 9.17) is 15.0 Å². The van der Waals surface area contributed by atoms with Crippen molar-refractivity contribution in [2.24, 2.45) is 5.14 Å². The highest BCUT2D eigenvalue weighted by atomic mass is 32.3. The summed E-state index contributed by atoms with van der Waals surface area (Å²) in [4.78, 5) is 0. The van der Waals surface area contributed by atoms with Crippen LogP contribution in [0.25, 0.3) is 0 Å². The van der Waals surface area contributed by atoms with Gasteiger partial charge < -0.3 is 20.1 Å². The summed E-state index contributed by atoms with van der Waals surface area (Å²) < 4.78 is 21.4. The molecule has 0 radical (unpaired) electrons. The molecule has 5 N–H and O–H groups in total. The van der Waals surface area contributed by atoms with Crippen molar-refractivity contribution < 1.29 is 23.9 Å². The van der Waals surface area contributed by atoms with E-state index in [0.29, 0.717) is 13.1 Å². The maximum Gasteiger partial charge on any atom is 0.141 e. The number of nitrogens with two attached hydrogens (primary N) is 1. The first-order valence-electron chi connectivity index (χ1n) is 6.05. The summed E-state index contributed by atoms with van der Waals surface area (Å²) in [5, 5.41) is 34.0. The highest BCUT2D eigenvalue weighted by Gasteiger charge is 2.45. The van der Waals surface area contributed by atoms with Crippen molar-refractivity contribution in [1.29, 1.82) is 0 Å². The van der Waals surface area contributed by atoms with Gasteiger partial charge in [-0.05, 0) is 0 Å². The predicted octanol–water partition coefficient (Wildman–Crippen LogP) is -0.365. The summed E-state index contributed by atoms with van der Waals surface area (Å²) in [6.45, 7) is 3.95. The Morgan fingerprint density at radius 1 is 1.39 bits per heavy atom. The largest absolute Gasteiger partial charge is 0.394 e. The van der Waals surface area contributed by atoms with E-state index in [2.05, 4.69) is 0 Å². The van der Waals surface area contributed by atoms with Crippen LogP contribution in [0.2, 0.25) is 0 Å². The summed E-state index contributed by atoms with van der Waals surface area (Å²) in [7, 11) is -3.19. The van der Waals surface area contributed by atoms with Gasteiger partial charge in [0.2, 0.25) is 0 Å². The molecule has 0 spiro atoms. The number of hydrogen-bond acceptors (Lipinski definition) is 6. The molecule has 3 unspecified atom stereocenters. The highest BCUT2D eigenvalue weighted by molar-refractivity contribution is 8.26. The minimum absolute atomic E-state index is 0.0729. The van der Waals surface area contributed by atoms with Gasteiger partial charge in [-0.1, -0.05) is 13.8 Å². The minimum Gasteiger partial charge on any atom is -0.394 e. The van der Waals surface area contributed by atoms with Crippen LogP contribution in [0.15, 0.2) is 0 Å². The summed E-state index contributed by atoms with van der Waals surface area (Å²) in [6.07, 6.45) is -3.42. The number of halogens is 1. The third-order valence-electron chi connectivity index (χ3n) is 3.19. The lowest BCUT2D eigenvalue weighted by molar-refractivity contribution is -0.159. The van der Waals surface area contributed by atoms with Gasteiger partial charge in [-0.15, -0.1) is 0 Å². The number of rotatable bonds is 5. The topological polar surface area (TPSA) is 99.2 Å². The van der Waals surface area contributed by atoms with E-state index >= 15 is 0 Å². The molecule has 1 aliphatic rings. The van der Waals surface area contributed by atoms with Crippen LogP contribution in [0.1, 0.15) is 20.3 Å². The summed E-state index contributed by atoms with van der Waals surface area (Å²) in [5.41, 5.74) is -1.01. The lowest BCUT2D eigenvalue weighted by Gasteiger charge is -2.47. The van der Waals surface area contributed by atoms with Gasteiger partial charge in [0.15, 0.2) is 0 Å². The van der Waals surface area contributed by atoms with E-state index in [9.17, 15) is 14.1 Å². The fourth-order valence-electron chi connectivity index (χ4n) is 2.06. The first kappa shape index (κ1) is 16.1. The Labute approximate surface area is 108 Å². The van der Waals surface area contributed by atoms with Gasteiger partial charge in [0.25, 0.3) is 0 Å². The third-order valence-corrected chi connectivity index (χ3v) is 5.53. The average molecular weight is 286 g/mol. The molecule has 0 saturated carbocycles. The average Bonchev–Trinajstić information content (AvgIpc) is 2.33. The Kier molecular flexibility index (Phi) is 5.78. The molecule has 8 heteroatoms. The zero-order valence-corrected chi connectivity index (χ0v) is 11.5. The lowest BCUT2D eigenvalue weighted by atomic mass is 10.0. The van der Waals surface area contributed by atoms with E-state index in [1.165, 1.54) is 4.31 Å². The number of aliphatic hydroxyl groups excluding tert-OH is 3. The molecule has 1 saturated heterocycles. The second kappa shape index (κ2) is 6.47. The van der Waals surface area contributed by atoms with Gasteiger partial charge in [0, 0.05) is 30.3 Å². The molecule has 5 atom stereocenters. The van der Waals surface area contributed by atoms with Gasteiger partial charge in [-0.3, -0.25) is 5.14 Å². The quantitative estimate of drug-likeness (QED) is 0.550. The molecule has 0 aromatic heterocycles. The SMILES string of the molecule is CCN(CC)S(N)(F)[C@@H]1CC(O)[C@H](O)C(CO)O1. The van der Waals surface area contributed by atoms with Crippen molar-refractivity contribution in [2.75, 3.05) is 19.7 Å². The second-order valence-corrected chi connectivity index (χ2v) is 6.52. The Bertz CT molecular complexity index is 268. The van der Waals surface area contributed by atoms with Gasteiger partial charge in [0.05, 0.1) is 12.7 Å². The molecule has 1 fully saturated rings. The fraction of sp³-hybridized carbons (Fsp3) is 1.00. The van der Waals surface area contributed by atoms with Crippen LogP contribution in [0, 0.1) is 0 Å². The first-order valence-corrected chi connectivity index (χ1v) is 7.67. The van der Waals surface area contributed by atoms with Crippen LogP contribution in [-0.2, 0) is 4.74 Å². The lowest BCUT2D eigenvalue weighted by Crippen LogP contribution is -2.53. The molecule has 18 heavy (non-hydrogen) atoms. The standard InChI is InChI=1S/C10H23FN2O4S/c1-3-13(4-2)18(11,12)9-5-7(15)10(16)8(6-14)17-9/h7-10,14-16H,3-6,12H2,1-2H3/t7?,8?,9-,10+/m1/s1. The number of nitrogens with zero attached hydrogens (tertiary/aromatic N) is 1. The third kappa shape index (κ3) is 3.13. The van der Waals surface area contributed by atoms with E-state index < -0.39 is 41.1 Å². The number of ether oxygens (including phenoxy) is 1. The van der Waals surface area contributed by atoms with Crippen molar-refractivity contribution >= 4 is 10.8 Å². The Hall–Kier alpha value is 0.0400. The van der Waals surface area contributed by atoms with Gasteiger partial charge >= 0.3 is 0 Å². The molecular formula is C10H23FN2O4S. The molecule has 6 nitrogen and oxygen atoms in total. The zero-order valence-electron chi connectivity index (χ0n) is 10.7. The normalized spacial score (nSPS) is 38.4. The summed E-state index contributed by atoms with van der Waals surface area (Å²) >= 11 is 0. The molecular weight excluding hydrogens is 263 g/mol. The molecule has 1 aliphatic heterocycles. The van der Waals surface area contributed by atoms with Crippen LogP contribution >= 0.6 is 10.8 Å². The van der Waals surface area contributed by atoms with E-state index in [0.717, 1.165) is 0 Å². The summed E-state index contributed by atoms with van der Waals surface area (Å²) in [6, 6.07) is 0. The predicted molar refractivity (Wildman–Crippen MR) is 68.2 cm³/mol. The molecule has 0 aromatic carbocycles. The van der Waals surface area contributed by atoms with Crippen LogP contribution in [0.4, 0.5) is 3.89 Å². The minimum atomic E-state index is -3.19. The van der Waals surface area contributed by atoms with Crippen molar-refractivity contribution in [2.45, 2.75) is 44.0 Å². The number of aliphatic hydroxyl groups is 3. The van der Waals surface area contributed by atoms with Crippen molar-refractivity contribution in [3.05, 3.63) is 0 Å². The van der Waals surface area contributed by atoms with Crippen LogP contribution < -0.4 is 5.14 Å². The fourth-order valence-corrected chi connectivity index (χ4v) is 3.95. The monoisotopic (exact) mass is 286 g/mol. The molecule has 0 bridgehead atoms. The Balaban J connectivity index is 2.82. The van der Waals surface area contributed by atoms with Crippen molar-refractivity contribution in [3.63, 3.8) is 0 Å². The second-order valence-electron chi connectivity index (χ2n) is 4.29. The van der Waals surface area contributed by atoms with Crippen LogP contribution in [-0.4, -0.2) is 63.1 Å². The van der Waals surface area contributed by atoms with Crippen LogP contribution in [0.3, 0.4) is 0 Å². The smallest absolute Gasteiger partial charge is 0.141 e. The molecule has 0 aliphatic carbocycles. The van der Waals surface area contributed by atoms with E-state index in [1.54, 1.807) is 13.8 Å².